The van der Waals surface area contributed by atoms with E-state index in [9.17, 15) is 4.79 Å². The lowest BCUT2D eigenvalue weighted by atomic mass is 10.2. The number of hydrogen-bond donors (Lipinski definition) is 1. The van der Waals surface area contributed by atoms with Crippen LogP contribution in [0.3, 0.4) is 0 Å². The molecule has 3 rings (SSSR count). The van der Waals surface area contributed by atoms with Crippen molar-refractivity contribution in [1.82, 2.24) is 9.55 Å². The Balaban J connectivity index is 1.71. The second kappa shape index (κ2) is 6.02. The van der Waals surface area contributed by atoms with Gasteiger partial charge in [0.05, 0.1) is 6.54 Å². The van der Waals surface area contributed by atoms with Gasteiger partial charge in [-0.05, 0) is 36.8 Å². The maximum Gasteiger partial charge on any atom is 0.293 e. The first kappa shape index (κ1) is 14.3. The lowest BCUT2D eigenvalue weighted by Gasteiger charge is -2.10. The van der Waals surface area contributed by atoms with Crippen LogP contribution in [0.5, 0.6) is 0 Å². The van der Waals surface area contributed by atoms with Gasteiger partial charge in [0.1, 0.15) is 0 Å². The molecule has 0 saturated heterocycles. The summed E-state index contributed by atoms with van der Waals surface area (Å²) >= 11 is 1.86. The second-order valence-electron chi connectivity index (χ2n) is 6.00. The van der Waals surface area contributed by atoms with E-state index < -0.39 is 0 Å². The third-order valence-electron chi connectivity index (χ3n) is 3.70. The van der Waals surface area contributed by atoms with Crippen LogP contribution in [0.15, 0.2) is 23.3 Å². The molecule has 0 fully saturated rings. The van der Waals surface area contributed by atoms with Crippen LogP contribution in [0, 0.1) is 5.92 Å². The monoisotopic (exact) mass is 303 g/mol. The highest BCUT2D eigenvalue weighted by Crippen LogP contribution is 2.30. The molecule has 21 heavy (non-hydrogen) atoms. The van der Waals surface area contributed by atoms with E-state index in [1.807, 2.05) is 11.3 Å². The number of nitrogens with one attached hydrogen (secondary N) is 1. The molecule has 4 nitrogen and oxygen atoms in total. The highest BCUT2D eigenvalue weighted by Gasteiger charge is 2.15. The Morgan fingerprint density at radius 1 is 1.43 bits per heavy atom. The number of nitrogens with zero attached hydrogens (tertiary/aromatic N) is 2. The highest BCUT2D eigenvalue weighted by molar-refractivity contribution is 7.12. The Kier molecular flexibility index (Phi) is 4.10. The fourth-order valence-corrected chi connectivity index (χ4v) is 3.95. The lowest BCUT2D eigenvalue weighted by molar-refractivity contribution is 0.509. The van der Waals surface area contributed by atoms with Crippen molar-refractivity contribution in [1.29, 1.82) is 0 Å². The van der Waals surface area contributed by atoms with E-state index in [0.29, 0.717) is 18.3 Å². The van der Waals surface area contributed by atoms with Crippen molar-refractivity contribution in [2.45, 2.75) is 46.2 Å². The van der Waals surface area contributed by atoms with E-state index in [1.165, 1.54) is 34.6 Å². The molecule has 2 aromatic heterocycles. The fraction of sp³-hybridized carbons (Fsp3) is 0.500. The van der Waals surface area contributed by atoms with Gasteiger partial charge in [-0.25, -0.2) is 4.98 Å². The maximum atomic E-state index is 12.3. The molecule has 0 aromatic carbocycles. The number of fused-ring (bicyclic) bond motifs is 1. The summed E-state index contributed by atoms with van der Waals surface area (Å²) in [7, 11) is 0. The van der Waals surface area contributed by atoms with Crippen molar-refractivity contribution in [2.75, 3.05) is 5.32 Å². The van der Waals surface area contributed by atoms with E-state index in [2.05, 4.69) is 30.2 Å². The lowest BCUT2D eigenvalue weighted by Crippen LogP contribution is -2.25. The quantitative estimate of drug-likeness (QED) is 0.923. The Labute approximate surface area is 128 Å². The van der Waals surface area contributed by atoms with Crippen LogP contribution < -0.4 is 10.9 Å². The normalized spacial score (nSPS) is 13.7. The molecular formula is C16H21N3OS. The number of rotatable bonds is 5. The third kappa shape index (κ3) is 3.18. The number of aromatic nitrogens is 2. The minimum Gasteiger partial charge on any atom is -0.361 e. The summed E-state index contributed by atoms with van der Waals surface area (Å²) in [6.07, 6.45) is 7.16. The predicted octanol–water partition coefficient (Wildman–Crippen LogP) is 3.06. The van der Waals surface area contributed by atoms with Gasteiger partial charge >= 0.3 is 0 Å². The fourth-order valence-electron chi connectivity index (χ4n) is 2.75. The number of hydrogen-bond acceptors (Lipinski definition) is 4. The van der Waals surface area contributed by atoms with E-state index in [1.54, 1.807) is 17.0 Å². The van der Waals surface area contributed by atoms with E-state index in [4.69, 9.17) is 0 Å². The Bertz CT molecular complexity index is 666. The molecule has 0 atom stereocenters. The Morgan fingerprint density at radius 3 is 3.05 bits per heavy atom. The third-order valence-corrected chi connectivity index (χ3v) is 4.94. The minimum absolute atomic E-state index is 0.0321. The zero-order chi connectivity index (χ0) is 14.8. The molecule has 5 heteroatoms. The summed E-state index contributed by atoms with van der Waals surface area (Å²) in [5, 5.41) is 3.20. The molecule has 0 bridgehead atoms. The molecule has 1 aliphatic carbocycles. The summed E-state index contributed by atoms with van der Waals surface area (Å²) in [5.41, 5.74) is 1.46. The molecule has 1 aliphatic rings. The number of thiophene rings is 1. The largest absolute Gasteiger partial charge is 0.361 e. The first-order chi connectivity index (χ1) is 10.1. The molecule has 0 unspecified atom stereocenters. The molecule has 0 spiro atoms. The van der Waals surface area contributed by atoms with Gasteiger partial charge in [0.2, 0.25) is 0 Å². The molecule has 1 N–H and O–H groups in total. The highest BCUT2D eigenvalue weighted by atomic mass is 32.1. The van der Waals surface area contributed by atoms with E-state index >= 15 is 0 Å². The van der Waals surface area contributed by atoms with Crippen LogP contribution in [0.25, 0.3) is 0 Å². The summed E-state index contributed by atoms with van der Waals surface area (Å²) in [5.74, 6) is 0.893. The van der Waals surface area contributed by atoms with Crippen LogP contribution in [-0.2, 0) is 25.9 Å². The standard InChI is InChI=1S/C16H21N3OS/c1-11(2)10-19-7-6-17-15(16(19)20)18-9-13-8-12-4-3-5-14(12)21-13/h6-8,11H,3-5,9-10H2,1-2H3,(H,17,18). The van der Waals surface area contributed by atoms with Crippen LogP contribution in [0.1, 0.15) is 35.6 Å². The molecule has 2 heterocycles. The smallest absolute Gasteiger partial charge is 0.293 e. The van der Waals surface area contributed by atoms with E-state index in [-0.39, 0.29) is 5.56 Å². The summed E-state index contributed by atoms with van der Waals surface area (Å²) in [6.45, 7) is 5.62. The molecule has 112 valence electrons. The topological polar surface area (TPSA) is 46.9 Å². The summed E-state index contributed by atoms with van der Waals surface area (Å²) in [6, 6.07) is 2.27. The molecule has 2 aromatic rings. The molecule has 0 radical (unpaired) electrons. The van der Waals surface area contributed by atoms with Crippen molar-refractivity contribution in [3.63, 3.8) is 0 Å². The van der Waals surface area contributed by atoms with Gasteiger partial charge in [0.15, 0.2) is 5.82 Å². The van der Waals surface area contributed by atoms with Gasteiger partial charge in [0.25, 0.3) is 5.56 Å². The Hall–Kier alpha value is -1.62. The first-order valence-electron chi connectivity index (χ1n) is 7.53. The van der Waals surface area contributed by atoms with Crippen molar-refractivity contribution in [2.24, 2.45) is 5.92 Å². The molecule has 0 aliphatic heterocycles. The zero-order valence-corrected chi connectivity index (χ0v) is 13.4. The average Bonchev–Trinajstić information content (AvgIpc) is 3.00. The van der Waals surface area contributed by atoms with Crippen molar-refractivity contribution in [3.05, 3.63) is 44.1 Å². The molecular weight excluding hydrogens is 282 g/mol. The summed E-state index contributed by atoms with van der Waals surface area (Å²) < 4.78 is 1.73. The van der Waals surface area contributed by atoms with Crippen LogP contribution >= 0.6 is 11.3 Å². The zero-order valence-electron chi connectivity index (χ0n) is 12.6. The van der Waals surface area contributed by atoms with Crippen molar-refractivity contribution in [3.8, 4) is 0 Å². The van der Waals surface area contributed by atoms with Gasteiger partial charge in [-0.2, -0.15) is 0 Å². The number of anilines is 1. The number of aryl methyl sites for hydroxylation is 2. The Morgan fingerprint density at radius 2 is 2.29 bits per heavy atom. The van der Waals surface area contributed by atoms with Crippen LogP contribution in [0.2, 0.25) is 0 Å². The first-order valence-corrected chi connectivity index (χ1v) is 8.35. The van der Waals surface area contributed by atoms with Gasteiger partial charge in [0, 0.05) is 28.7 Å². The van der Waals surface area contributed by atoms with Gasteiger partial charge in [-0.3, -0.25) is 4.79 Å². The van der Waals surface area contributed by atoms with Crippen LogP contribution in [-0.4, -0.2) is 9.55 Å². The maximum absolute atomic E-state index is 12.3. The molecule has 0 amide bonds. The second-order valence-corrected chi connectivity index (χ2v) is 7.22. The van der Waals surface area contributed by atoms with Gasteiger partial charge in [-0.15, -0.1) is 11.3 Å². The van der Waals surface area contributed by atoms with Crippen molar-refractivity contribution >= 4 is 17.2 Å². The predicted molar refractivity (Wildman–Crippen MR) is 87.0 cm³/mol. The molecule has 0 saturated carbocycles. The minimum atomic E-state index is -0.0321. The SMILES string of the molecule is CC(C)Cn1ccnc(NCc2cc3c(s2)CCC3)c1=O. The van der Waals surface area contributed by atoms with Crippen LogP contribution in [0.4, 0.5) is 5.82 Å². The van der Waals surface area contributed by atoms with Crippen molar-refractivity contribution < 1.29 is 0 Å². The van der Waals surface area contributed by atoms with Gasteiger partial charge < -0.3 is 9.88 Å². The van der Waals surface area contributed by atoms with Gasteiger partial charge in [-0.1, -0.05) is 13.8 Å². The average molecular weight is 303 g/mol. The van der Waals surface area contributed by atoms with E-state index in [0.717, 1.165) is 6.54 Å². The summed E-state index contributed by atoms with van der Waals surface area (Å²) in [4.78, 5) is 19.3.